The van der Waals surface area contributed by atoms with Crippen molar-refractivity contribution in [3.05, 3.63) is 102 Å². The second-order valence-electron chi connectivity index (χ2n) is 10.1. The maximum atomic E-state index is 13.0. The second-order valence-corrected chi connectivity index (χ2v) is 10.1. The molecule has 36 heavy (non-hydrogen) atoms. The Morgan fingerprint density at radius 3 is 2.67 bits per heavy atom. The molecule has 2 fully saturated rings. The molecule has 1 aromatic heterocycles. The standard InChI is InChI=1S/C30H28N4O2/c1-31-25-11-14-27-28(17-25)33(21-32-27)19-24-8-5-15-30(18-24)20-34(29(35)36-30)26-12-9-23(10-13-26)16-22-6-3-2-4-7-22/h2-4,6-7,9-14,17,21,24H,5,8,15-16,18-20H2/t24-,30-/m0/s1. The number of ether oxygens (including phenoxy) is 1. The number of fused-ring (bicyclic) bond motifs is 1. The van der Waals surface area contributed by atoms with Crippen molar-refractivity contribution in [2.75, 3.05) is 11.4 Å². The van der Waals surface area contributed by atoms with Crippen LogP contribution in [0.1, 0.15) is 36.8 Å². The van der Waals surface area contributed by atoms with Gasteiger partial charge in [0, 0.05) is 12.2 Å². The summed E-state index contributed by atoms with van der Waals surface area (Å²) in [6.45, 7) is 8.72. The molecular formula is C30H28N4O2. The van der Waals surface area contributed by atoms with E-state index in [1.165, 1.54) is 11.1 Å². The Bertz CT molecular complexity index is 1440. The summed E-state index contributed by atoms with van der Waals surface area (Å²) in [5, 5.41) is 0. The molecule has 1 saturated heterocycles. The van der Waals surface area contributed by atoms with Crippen LogP contribution < -0.4 is 4.90 Å². The third-order valence-electron chi connectivity index (χ3n) is 7.56. The first-order valence-electron chi connectivity index (χ1n) is 12.6. The van der Waals surface area contributed by atoms with Gasteiger partial charge in [-0.2, -0.15) is 0 Å². The third-order valence-corrected chi connectivity index (χ3v) is 7.56. The summed E-state index contributed by atoms with van der Waals surface area (Å²) >= 11 is 0. The van der Waals surface area contributed by atoms with E-state index >= 15 is 0 Å². The van der Waals surface area contributed by atoms with Gasteiger partial charge < -0.3 is 9.30 Å². The summed E-state index contributed by atoms with van der Waals surface area (Å²) in [6, 6.07) is 24.3. The van der Waals surface area contributed by atoms with Crippen molar-refractivity contribution in [2.24, 2.45) is 5.92 Å². The van der Waals surface area contributed by atoms with Crippen LogP contribution in [0.4, 0.5) is 16.2 Å². The molecule has 2 atom stereocenters. The van der Waals surface area contributed by atoms with Crippen molar-refractivity contribution < 1.29 is 9.53 Å². The van der Waals surface area contributed by atoms with Crippen molar-refractivity contribution in [1.82, 2.24) is 9.55 Å². The van der Waals surface area contributed by atoms with Gasteiger partial charge >= 0.3 is 6.09 Å². The van der Waals surface area contributed by atoms with Crippen molar-refractivity contribution in [2.45, 2.75) is 44.2 Å². The molecule has 0 unspecified atom stereocenters. The molecule has 2 aliphatic rings. The van der Waals surface area contributed by atoms with E-state index in [1.807, 2.05) is 42.7 Å². The minimum Gasteiger partial charge on any atom is -0.441 e. The Kier molecular flexibility index (Phi) is 5.69. The Morgan fingerprint density at radius 1 is 1.06 bits per heavy atom. The fourth-order valence-electron chi connectivity index (χ4n) is 5.82. The Morgan fingerprint density at radius 2 is 1.86 bits per heavy atom. The first-order chi connectivity index (χ1) is 17.6. The number of carbonyl (C=O) groups is 1. The van der Waals surface area contributed by atoms with E-state index in [0.29, 0.717) is 18.2 Å². The number of anilines is 1. The van der Waals surface area contributed by atoms with Crippen LogP contribution in [-0.4, -0.2) is 27.8 Å². The van der Waals surface area contributed by atoms with E-state index in [1.54, 1.807) is 4.90 Å². The number of benzene rings is 3. The number of carbonyl (C=O) groups excluding carboxylic acids is 1. The number of amides is 1. The highest BCUT2D eigenvalue weighted by Gasteiger charge is 2.48. The van der Waals surface area contributed by atoms with E-state index in [0.717, 1.165) is 55.4 Å². The van der Waals surface area contributed by atoms with Gasteiger partial charge in [-0.25, -0.2) is 14.6 Å². The number of rotatable bonds is 5. The molecule has 6 heteroatoms. The van der Waals surface area contributed by atoms with Gasteiger partial charge in [0.05, 0.1) is 30.5 Å². The fraction of sp³-hybridized carbons (Fsp3) is 0.300. The lowest BCUT2D eigenvalue weighted by molar-refractivity contribution is 0.00439. The van der Waals surface area contributed by atoms with Crippen LogP contribution in [0.2, 0.25) is 0 Å². The summed E-state index contributed by atoms with van der Waals surface area (Å²) < 4.78 is 8.22. The predicted molar refractivity (Wildman–Crippen MR) is 140 cm³/mol. The van der Waals surface area contributed by atoms with Crippen LogP contribution in [0, 0.1) is 12.5 Å². The first kappa shape index (κ1) is 22.4. The quantitative estimate of drug-likeness (QED) is 0.299. The average molecular weight is 477 g/mol. The molecule has 4 aromatic rings. The van der Waals surface area contributed by atoms with Crippen molar-refractivity contribution in [3.8, 4) is 0 Å². The topological polar surface area (TPSA) is 51.7 Å². The molecule has 180 valence electrons. The lowest BCUT2D eigenvalue weighted by atomic mass is 9.78. The molecule has 0 radical (unpaired) electrons. The number of nitrogens with zero attached hydrogens (tertiary/aromatic N) is 4. The van der Waals surface area contributed by atoms with Crippen molar-refractivity contribution >= 4 is 28.5 Å². The van der Waals surface area contributed by atoms with Gasteiger partial charge in [-0.15, -0.1) is 0 Å². The minimum atomic E-state index is -0.444. The van der Waals surface area contributed by atoms with Crippen LogP contribution >= 0.6 is 0 Å². The van der Waals surface area contributed by atoms with Crippen LogP contribution in [0.5, 0.6) is 0 Å². The Hall–Kier alpha value is -4.11. The van der Waals surface area contributed by atoms with E-state index < -0.39 is 5.60 Å². The molecule has 0 N–H and O–H groups in total. The molecule has 0 bridgehead atoms. The highest BCUT2D eigenvalue weighted by Crippen LogP contribution is 2.42. The van der Waals surface area contributed by atoms with E-state index in [4.69, 9.17) is 11.3 Å². The highest BCUT2D eigenvalue weighted by atomic mass is 16.6. The summed E-state index contributed by atoms with van der Waals surface area (Å²) in [7, 11) is 0. The molecule has 1 aliphatic carbocycles. The van der Waals surface area contributed by atoms with Gasteiger partial charge in [0.1, 0.15) is 5.60 Å². The monoisotopic (exact) mass is 476 g/mol. The number of imidazole rings is 1. The lowest BCUT2D eigenvalue weighted by Crippen LogP contribution is -2.40. The summed E-state index contributed by atoms with van der Waals surface area (Å²) in [5.74, 6) is 0.383. The average Bonchev–Trinajstić information content (AvgIpc) is 3.44. The van der Waals surface area contributed by atoms with Gasteiger partial charge in [-0.05, 0) is 73.4 Å². The summed E-state index contributed by atoms with van der Waals surface area (Å²) in [4.78, 5) is 22.8. The van der Waals surface area contributed by atoms with E-state index in [2.05, 4.69) is 50.8 Å². The zero-order chi connectivity index (χ0) is 24.5. The molecule has 1 spiro atoms. The minimum absolute atomic E-state index is 0.249. The zero-order valence-electron chi connectivity index (χ0n) is 20.1. The smallest absolute Gasteiger partial charge is 0.415 e. The maximum Gasteiger partial charge on any atom is 0.415 e. The highest BCUT2D eigenvalue weighted by molar-refractivity contribution is 5.90. The van der Waals surface area contributed by atoms with E-state index in [-0.39, 0.29) is 6.09 Å². The molecule has 3 aromatic carbocycles. The Labute approximate surface area is 211 Å². The molecular weight excluding hydrogens is 448 g/mol. The fourth-order valence-corrected chi connectivity index (χ4v) is 5.82. The number of aromatic nitrogens is 2. The summed E-state index contributed by atoms with van der Waals surface area (Å²) in [6.07, 6.45) is 6.34. The van der Waals surface area contributed by atoms with Crippen LogP contribution in [0.15, 0.2) is 79.1 Å². The predicted octanol–water partition coefficient (Wildman–Crippen LogP) is 6.76. The lowest BCUT2D eigenvalue weighted by Gasteiger charge is -2.36. The van der Waals surface area contributed by atoms with E-state index in [9.17, 15) is 4.79 Å². The molecule has 1 saturated carbocycles. The van der Waals surface area contributed by atoms with Crippen LogP contribution in [0.25, 0.3) is 15.9 Å². The van der Waals surface area contributed by atoms with Gasteiger partial charge in [-0.3, -0.25) is 4.90 Å². The number of hydrogen-bond acceptors (Lipinski definition) is 3. The van der Waals surface area contributed by atoms with Gasteiger partial charge in [0.2, 0.25) is 0 Å². The SMILES string of the molecule is [C-]#[N+]c1ccc2ncn(C[C@H]3CCC[C@]4(C3)CN(c3ccc(Cc5ccccc5)cc3)C(=O)O4)c2c1. The molecule has 6 nitrogen and oxygen atoms in total. The van der Waals surface area contributed by atoms with Crippen molar-refractivity contribution in [1.29, 1.82) is 0 Å². The summed E-state index contributed by atoms with van der Waals surface area (Å²) in [5.41, 5.74) is 5.46. The second kappa shape index (κ2) is 9.16. The first-order valence-corrected chi connectivity index (χ1v) is 12.6. The van der Waals surface area contributed by atoms with Gasteiger partial charge in [0.25, 0.3) is 0 Å². The Balaban J connectivity index is 1.15. The molecule has 1 aliphatic heterocycles. The third kappa shape index (κ3) is 4.33. The molecule has 1 amide bonds. The van der Waals surface area contributed by atoms with Gasteiger partial charge in [0.15, 0.2) is 5.69 Å². The van der Waals surface area contributed by atoms with Crippen LogP contribution in [-0.2, 0) is 17.7 Å². The van der Waals surface area contributed by atoms with Crippen molar-refractivity contribution in [3.63, 3.8) is 0 Å². The zero-order valence-corrected chi connectivity index (χ0v) is 20.1. The molecule has 6 rings (SSSR count). The van der Waals surface area contributed by atoms with Crippen LogP contribution in [0.3, 0.4) is 0 Å². The van der Waals surface area contributed by atoms with Gasteiger partial charge in [-0.1, -0.05) is 48.5 Å². The number of hydrogen-bond donors (Lipinski definition) is 0. The maximum absolute atomic E-state index is 13.0. The largest absolute Gasteiger partial charge is 0.441 e. The normalized spacial score (nSPS) is 21.6. The molecule has 2 heterocycles.